The molecule has 0 radical (unpaired) electrons. The lowest BCUT2D eigenvalue weighted by Crippen LogP contribution is -2.38. The number of nitrogens with one attached hydrogen (secondary N) is 1. The Labute approximate surface area is 178 Å². The van der Waals surface area contributed by atoms with Crippen molar-refractivity contribution in [2.75, 3.05) is 26.1 Å². The second-order valence-electron chi connectivity index (χ2n) is 7.74. The van der Waals surface area contributed by atoms with Crippen molar-refractivity contribution in [3.05, 3.63) is 53.6 Å². The van der Waals surface area contributed by atoms with Crippen molar-refractivity contribution in [2.45, 2.75) is 45.1 Å². The molecule has 3 rings (SSSR count). The van der Waals surface area contributed by atoms with Crippen molar-refractivity contribution in [1.82, 2.24) is 4.90 Å². The van der Waals surface area contributed by atoms with Crippen LogP contribution in [0.15, 0.2) is 42.5 Å². The molecule has 0 spiro atoms. The number of anilines is 1. The van der Waals surface area contributed by atoms with Gasteiger partial charge in [-0.2, -0.15) is 0 Å². The van der Waals surface area contributed by atoms with Crippen LogP contribution in [0.5, 0.6) is 11.5 Å². The lowest BCUT2D eigenvalue weighted by molar-refractivity contribution is -0.118. The number of methoxy groups -OCH3 is 1. The van der Waals surface area contributed by atoms with Crippen molar-refractivity contribution in [3.63, 3.8) is 0 Å². The number of benzene rings is 2. The van der Waals surface area contributed by atoms with Gasteiger partial charge in [0.05, 0.1) is 18.4 Å². The summed E-state index contributed by atoms with van der Waals surface area (Å²) < 4.78 is 10.9. The van der Waals surface area contributed by atoms with Crippen LogP contribution in [-0.2, 0) is 4.79 Å². The smallest absolute Gasteiger partial charge is 0.262 e. The summed E-state index contributed by atoms with van der Waals surface area (Å²) >= 11 is 0. The topological polar surface area (TPSA) is 67.9 Å². The Morgan fingerprint density at radius 1 is 1.07 bits per heavy atom. The van der Waals surface area contributed by atoms with Gasteiger partial charge < -0.3 is 19.7 Å². The van der Waals surface area contributed by atoms with Gasteiger partial charge in [-0.15, -0.1) is 0 Å². The Kier molecular flexibility index (Phi) is 7.33. The number of rotatable bonds is 7. The fourth-order valence-electron chi connectivity index (χ4n) is 3.83. The molecule has 30 heavy (non-hydrogen) atoms. The Bertz CT molecular complexity index is 891. The molecule has 1 aliphatic rings. The number of para-hydroxylation sites is 1. The van der Waals surface area contributed by atoms with E-state index in [0.717, 1.165) is 31.2 Å². The molecule has 2 amide bonds. The lowest BCUT2D eigenvalue weighted by Gasteiger charge is -2.31. The summed E-state index contributed by atoms with van der Waals surface area (Å²) in [6.45, 7) is 1.78. The number of nitrogens with zero attached hydrogens (tertiary/aromatic N) is 1. The molecule has 0 heterocycles. The van der Waals surface area contributed by atoms with Crippen LogP contribution in [0.2, 0.25) is 0 Å². The lowest BCUT2D eigenvalue weighted by atomic mass is 9.94. The van der Waals surface area contributed by atoms with Crippen LogP contribution >= 0.6 is 0 Å². The fourth-order valence-corrected chi connectivity index (χ4v) is 3.83. The van der Waals surface area contributed by atoms with E-state index in [2.05, 4.69) is 5.32 Å². The van der Waals surface area contributed by atoms with E-state index in [1.807, 2.05) is 37.1 Å². The van der Waals surface area contributed by atoms with E-state index in [0.29, 0.717) is 22.7 Å². The molecular formula is C24H30N2O4. The summed E-state index contributed by atoms with van der Waals surface area (Å²) in [6.07, 6.45) is 5.60. The molecule has 0 aliphatic heterocycles. The average Bonchev–Trinajstić information content (AvgIpc) is 2.78. The number of amides is 2. The summed E-state index contributed by atoms with van der Waals surface area (Å²) in [6, 6.07) is 12.9. The highest BCUT2D eigenvalue weighted by atomic mass is 16.5. The minimum Gasteiger partial charge on any atom is -0.493 e. The van der Waals surface area contributed by atoms with E-state index in [1.165, 1.54) is 6.42 Å². The zero-order chi connectivity index (χ0) is 21.5. The number of hydrogen-bond donors (Lipinski definition) is 1. The first kappa shape index (κ1) is 21.7. The molecule has 0 bridgehead atoms. The quantitative estimate of drug-likeness (QED) is 0.733. The minimum absolute atomic E-state index is 0.0704. The molecule has 0 unspecified atom stereocenters. The third-order valence-electron chi connectivity index (χ3n) is 5.55. The van der Waals surface area contributed by atoms with Crippen LogP contribution < -0.4 is 14.8 Å². The number of carbonyl (C=O) groups is 2. The predicted molar refractivity (Wildman–Crippen MR) is 117 cm³/mol. The SMILES string of the molecule is COc1cc(C)ccc1OCC(=O)Nc1ccccc1C(=O)N(C)C1CCCCC1. The van der Waals surface area contributed by atoms with E-state index in [9.17, 15) is 9.59 Å². The minimum atomic E-state index is -0.335. The Morgan fingerprint density at radius 3 is 2.53 bits per heavy atom. The summed E-state index contributed by atoms with van der Waals surface area (Å²) in [5, 5.41) is 2.82. The molecule has 1 aliphatic carbocycles. The zero-order valence-electron chi connectivity index (χ0n) is 17.9. The van der Waals surface area contributed by atoms with Gasteiger partial charge in [-0.25, -0.2) is 0 Å². The van der Waals surface area contributed by atoms with Crippen molar-refractivity contribution in [3.8, 4) is 11.5 Å². The van der Waals surface area contributed by atoms with Crippen molar-refractivity contribution >= 4 is 17.5 Å². The van der Waals surface area contributed by atoms with Crippen molar-refractivity contribution < 1.29 is 19.1 Å². The molecule has 0 saturated heterocycles. The largest absolute Gasteiger partial charge is 0.493 e. The Balaban J connectivity index is 1.65. The van der Waals surface area contributed by atoms with Gasteiger partial charge >= 0.3 is 0 Å². The summed E-state index contributed by atoms with van der Waals surface area (Å²) in [5.41, 5.74) is 2.03. The van der Waals surface area contributed by atoms with Crippen LogP contribution in [0.1, 0.15) is 48.0 Å². The normalized spacial score (nSPS) is 14.1. The first-order chi connectivity index (χ1) is 14.5. The highest BCUT2D eigenvalue weighted by Gasteiger charge is 2.24. The standard InChI is InChI=1S/C24H30N2O4/c1-17-13-14-21(22(15-17)29-3)30-16-23(27)25-20-12-8-7-11-19(20)24(28)26(2)18-9-5-4-6-10-18/h7-8,11-15,18H,4-6,9-10,16H2,1-3H3,(H,25,27). The number of carbonyl (C=O) groups excluding carboxylic acids is 2. The fraction of sp³-hybridized carbons (Fsp3) is 0.417. The highest BCUT2D eigenvalue weighted by molar-refractivity contribution is 6.04. The van der Waals surface area contributed by atoms with E-state index in [-0.39, 0.29) is 24.5 Å². The molecule has 6 heteroatoms. The van der Waals surface area contributed by atoms with Gasteiger partial charge in [-0.05, 0) is 49.6 Å². The third kappa shape index (κ3) is 5.32. The van der Waals surface area contributed by atoms with Crippen LogP contribution in [0.4, 0.5) is 5.69 Å². The van der Waals surface area contributed by atoms with Crippen LogP contribution in [-0.4, -0.2) is 43.5 Å². The maximum Gasteiger partial charge on any atom is 0.262 e. The van der Waals surface area contributed by atoms with Crippen LogP contribution in [0.25, 0.3) is 0 Å². The first-order valence-electron chi connectivity index (χ1n) is 10.4. The molecule has 1 saturated carbocycles. The summed E-state index contributed by atoms with van der Waals surface area (Å²) in [5.74, 6) is 0.671. The zero-order valence-corrected chi connectivity index (χ0v) is 17.9. The molecule has 1 N–H and O–H groups in total. The number of ether oxygens (including phenoxy) is 2. The molecule has 2 aromatic rings. The molecule has 2 aromatic carbocycles. The van der Waals surface area contributed by atoms with Gasteiger partial charge in [0.25, 0.3) is 11.8 Å². The van der Waals surface area contributed by atoms with Crippen LogP contribution in [0, 0.1) is 6.92 Å². The summed E-state index contributed by atoms with van der Waals surface area (Å²) in [4.78, 5) is 27.4. The van der Waals surface area contributed by atoms with Gasteiger partial charge in [-0.1, -0.05) is 37.5 Å². The third-order valence-corrected chi connectivity index (χ3v) is 5.55. The van der Waals surface area contributed by atoms with Gasteiger partial charge in [0.1, 0.15) is 0 Å². The van der Waals surface area contributed by atoms with Gasteiger partial charge in [-0.3, -0.25) is 9.59 Å². The van der Waals surface area contributed by atoms with E-state index in [1.54, 1.807) is 31.4 Å². The average molecular weight is 411 g/mol. The predicted octanol–water partition coefficient (Wildman–Crippen LogP) is 4.43. The van der Waals surface area contributed by atoms with Gasteiger partial charge in [0.2, 0.25) is 0 Å². The van der Waals surface area contributed by atoms with Crippen LogP contribution in [0.3, 0.4) is 0 Å². The summed E-state index contributed by atoms with van der Waals surface area (Å²) in [7, 11) is 3.41. The van der Waals surface area contributed by atoms with E-state index in [4.69, 9.17) is 9.47 Å². The monoisotopic (exact) mass is 410 g/mol. The molecule has 160 valence electrons. The second-order valence-corrected chi connectivity index (χ2v) is 7.74. The number of aryl methyl sites for hydroxylation is 1. The maximum atomic E-state index is 13.1. The Morgan fingerprint density at radius 2 is 1.80 bits per heavy atom. The van der Waals surface area contributed by atoms with E-state index >= 15 is 0 Å². The molecule has 0 aromatic heterocycles. The first-order valence-corrected chi connectivity index (χ1v) is 10.4. The van der Waals surface area contributed by atoms with Gasteiger partial charge in [0.15, 0.2) is 18.1 Å². The molecular weight excluding hydrogens is 380 g/mol. The number of hydrogen-bond acceptors (Lipinski definition) is 4. The second kappa shape index (κ2) is 10.1. The Hall–Kier alpha value is -3.02. The molecule has 0 atom stereocenters. The van der Waals surface area contributed by atoms with E-state index < -0.39 is 0 Å². The molecule has 6 nitrogen and oxygen atoms in total. The highest BCUT2D eigenvalue weighted by Crippen LogP contribution is 2.28. The van der Waals surface area contributed by atoms with Crippen molar-refractivity contribution in [1.29, 1.82) is 0 Å². The maximum absolute atomic E-state index is 13.1. The van der Waals surface area contributed by atoms with Gasteiger partial charge in [0, 0.05) is 13.1 Å². The molecule has 1 fully saturated rings. The van der Waals surface area contributed by atoms with Crippen molar-refractivity contribution in [2.24, 2.45) is 0 Å².